The molecule has 0 bridgehead atoms. The summed E-state index contributed by atoms with van der Waals surface area (Å²) in [6.45, 7) is 6.76. The van der Waals surface area contributed by atoms with Crippen molar-refractivity contribution in [3.05, 3.63) is 94.6 Å². The van der Waals surface area contributed by atoms with E-state index in [1.807, 2.05) is 23.2 Å². The molecule has 8 heteroatoms. The molecule has 0 amide bonds. The third kappa shape index (κ3) is 4.10. The number of anilines is 1. The molecule has 0 unspecified atom stereocenters. The molecule has 35 heavy (non-hydrogen) atoms. The molecular weight excluding hydrogens is 465 g/mol. The van der Waals surface area contributed by atoms with Gasteiger partial charge in [0.2, 0.25) is 10.0 Å². The Labute approximate surface area is 205 Å². The normalized spacial score (nSPS) is 20.6. The number of aldehydes is 1. The van der Waals surface area contributed by atoms with Gasteiger partial charge in [-0.15, -0.1) is 0 Å². The van der Waals surface area contributed by atoms with Crippen LogP contribution in [0.1, 0.15) is 32.8 Å². The molecule has 1 N–H and O–H groups in total. The van der Waals surface area contributed by atoms with Crippen molar-refractivity contribution in [2.45, 2.75) is 37.5 Å². The Morgan fingerprint density at radius 1 is 1.06 bits per heavy atom. The van der Waals surface area contributed by atoms with Crippen LogP contribution in [0.25, 0.3) is 0 Å². The lowest BCUT2D eigenvalue weighted by Gasteiger charge is -2.35. The Hall–Kier alpha value is -3.23. The summed E-state index contributed by atoms with van der Waals surface area (Å²) in [5.74, 6) is -0.875. The van der Waals surface area contributed by atoms with E-state index in [4.69, 9.17) is 0 Å². The number of hydrogen-bond acceptors (Lipinski definition) is 5. The van der Waals surface area contributed by atoms with Gasteiger partial charge in [-0.05, 0) is 71.0 Å². The number of fused-ring (bicyclic) bond motifs is 1. The maximum atomic E-state index is 13.4. The molecule has 2 aliphatic heterocycles. The summed E-state index contributed by atoms with van der Waals surface area (Å²) < 4.78 is 41.8. The number of hydrazine groups is 1. The van der Waals surface area contributed by atoms with E-state index >= 15 is 0 Å². The molecular formula is C27H28FN3O3S. The van der Waals surface area contributed by atoms with Crippen molar-refractivity contribution in [1.29, 1.82) is 0 Å². The Morgan fingerprint density at radius 2 is 1.74 bits per heavy atom. The number of sulfonamides is 1. The fourth-order valence-electron chi connectivity index (χ4n) is 4.84. The van der Waals surface area contributed by atoms with Crippen molar-refractivity contribution >= 4 is 22.0 Å². The molecule has 0 saturated carbocycles. The fourth-order valence-corrected chi connectivity index (χ4v) is 6.25. The zero-order valence-corrected chi connectivity index (χ0v) is 20.8. The molecule has 3 aliphatic rings. The quantitative estimate of drug-likeness (QED) is 0.638. The third-order valence-corrected chi connectivity index (χ3v) is 8.74. The number of nitrogens with one attached hydrogen (secondary N) is 1. The van der Waals surface area contributed by atoms with Crippen molar-refractivity contribution in [1.82, 2.24) is 9.73 Å². The average Bonchev–Trinajstić information content (AvgIpc) is 3.25. The summed E-state index contributed by atoms with van der Waals surface area (Å²) in [7, 11) is -3.70. The molecule has 2 heterocycles. The van der Waals surface area contributed by atoms with Gasteiger partial charge in [0, 0.05) is 24.9 Å². The molecule has 1 atom stereocenters. The lowest BCUT2D eigenvalue weighted by atomic mass is 9.80. The predicted molar refractivity (Wildman–Crippen MR) is 133 cm³/mol. The Kier molecular flexibility index (Phi) is 5.68. The van der Waals surface area contributed by atoms with E-state index in [1.165, 1.54) is 16.4 Å². The standard InChI is InChI=1S/C27H28FN3O3S/c1-27(2,3)19-4-10-22(11-5-19)35(33,34)30-13-12-18-14-26-23(25(17-32)24(18)16-30)15-29-31(26)21-8-6-20(28)7-9-21/h4-11,14-15,17,25,29H,12-13,16H2,1-3H3/t25-/m0/s1. The largest absolute Gasteiger partial charge is 0.302 e. The molecule has 0 aromatic heterocycles. The number of halogens is 1. The van der Waals surface area contributed by atoms with Gasteiger partial charge in [0.05, 0.1) is 22.2 Å². The highest BCUT2D eigenvalue weighted by atomic mass is 32.2. The fraction of sp³-hybridized carbons (Fsp3) is 0.296. The van der Waals surface area contributed by atoms with Gasteiger partial charge in [0.1, 0.15) is 12.1 Å². The van der Waals surface area contributed by atoms with E-state index in [0.717, 1.165) is 40.0 Å². The number of carbonyl (C=O) groups is 1. The van der Waals surface area contributed by atoms with Gasteiger partial charge < -0.3 is 10.2 Å². The summed E-state index contributed by atoms with van der Waals surface area (Å²) in [4.78, 5) is 12.5. The van der Waals surface area contributed by atoms with E-state index in [-0.39, 0.29) is 22.7 Å². The van der Waals surface area contributed by atoms with Crippen LogP contribution in [0.3, 0.4) is 0 Å². The summed E-state index contributed by atoms with van der Waals surface area (Å²) >= 11 is 0. The number of nitrogens with zero attached hydrogens (tertiary/aromatic N) is 2. The molecule has 6 nitrogen and oxygen atoms in total. The van der Waals surface area contributed by atoms with E-state index in [9.17, 15) is 17.6 Å². The Morgan fingerprint density at radius 3 is 2.37 bits per heavy atom. The SMILES string of the molecule is CC(C)(C)c1ccc(S(=O)(=O)N2CCC3=C(C2)[C@@H](C=O)C2=CNN(c4ccc(F)cc4)C2=C3)cc1. The maximum Gasteiger partial charge on any atom is 0.243 e. The monoisotopic (exact) mass is 493 g/mol. The topological polar surface area (TPSA) is 69.7 Å². The number of hydrogen-bond donors (Lipinski definition) is 1. The lowest BCUT2D eigenvalue weighted by molar-refractivity contribution is -0.109. The summed E-state index contributed by atoms with van der Waals surface area (Å²) in [6.07, 6.45) is 5.15. The zero-order chi connectivity index (χ0) is 25.0. The van der Waals surface area contributed by atoms with E-state index in [2.05, 4.69) is 26.2 Å². The van der Waals surface area contributed by atoms with E-state index in [0.29, 0.717) is 13.0 Å². The molecule has 1 aliphatic carbocycles. The number of carbonyl (C=O) groups excluding carboxylic acids is 1. The lowest BCUT2D eigenvalue weighted by Crippen LogP contribution is -2.40. The molecule has 0 fully saturated rings. The van der Waals surface area contributed by atoms with Crippen molar-refractivity contribution in [2.24, 2.45) is 5.92 Å². The highest BCUT2D eigenvalue weighted by Gasteiger charge is 2.39. The summed E-state index contributed by atoms with van der Waals surface area (Å²) in [5.41, 5.74) is 8.27. The van der Waals surface area contributed by atoms with Crippen LogP contribution in [-0.2, 0) is 20.2 Å². The van der Waals surface area contributed by atoms with Crippen LogP contribution in [0.4, 0.5) is 10.1 Å². The predicted octanol–water partition coefficient (Wildman–Crippen LogP) is 4.44. The maximum absolute atomic E-state index is 13.4. The smallest absolute Gasteiger partial charge is 0.243 e. The van der Waals surface area contributed by atoms with Crippen LogP contribution in [0, 0.1) is 11.7 Å². The molecule has 2 aromatic carbocycles. The van der Waals surface area contributed by atoms with Gasteiger partial charge in [-0.1, -0.05) is 32.9 Å². The first-order valence-electron chi connectivity index (χ1n) is 11.6. The third-order valence-electron chi connectivity index (χ3n) is 6.88. The molecule has 5 rings (SSSR count). The van der Waals surface area contributed by atoms with Crippen molar-refractivity contribution in [2.75, 3.05) is 18.1 Å². The molecule has 0 saturated heterocycles. The number of benzene rings is 2. The van der Waals surface area contributed by atoms with Crippen molar-refractivity contribution in [3.8, 4) is 0 Å². The minimum absolute atomic E-state index is 0.0682. The molecule has 0 radical (unpaired) electrons. The van der Waals surface area contributed by atoms with Gasteiger partial charge in [-0.3, -0.25) is 5.01 Å². The Balaban J connectivity index is 1.45. The molecule has 182 valence electrons. The second-order valence-corrected chi connectivity index (χ2v) is 12.0. The van der Waals surface area contributed by atoms with E-state index < -0.39 is 15.9 Å². The number of allylic oxidation sites excluding steroid dienone is 2. The van der Waals surface area contributed by atoms with Gasteiger partial charge in [0.15, 0.2) is 0 Å². The first-order valence-corrected chi connectivity index (χ1v) is 13.1. The van der Waals surface area contributed by atoms with Crippen LogP contribution >= 0.6 is 0 Å². The minimum atomic E-state index is -3.70. The second-order valence-electron chi connectivity index (χ2n) is 10.1. The molecule has 0 spiro atoms. The highest BCUT2D eigenvalue weighted by molar-refractivity contribution is 7.89. The van der Waals surface area contributed by atoms with Crippen molar-refractivity contribution in [3.63, 3.8) is 0 Å². The minimum Gasteiger partial charge on any atom is -0.302 e. The van der Waals surface area contributed by atoms with Crippen molar-refractivity contribution < 1.29 is 17.6 Å². The van der Waals surface area contributed by atoms with E-state index in [1.54, 1.807) is 30.5 Å². The van der Waals surface area contributed by atoms with Gasteiger partial charge in [0.25, 0.3) is 0 Å². The van der Waals surface area contributed by atoms with Gasteiger partial charge >= 0.3 is 0 Å². The van der Waals surface area contributed by atoms with Crippen LogP contribution in [0.2, 0.25) is 0 Å². The average molecular weight is 494 g/mol. The highest BCUT2D eigenvalue weighted by Crippen LogP contribution is 2.42. The summed E-state index contributed by atoms with van der Waals surface area (Å²) in [6, 6.07) is 13.2. The first-order chi connectivity index (χ1) is 16.6. The van der Waals surface area contributed by atoms with Crippen LogP contribution in [-0.4, -0.2) is 32.1 Å². The van der Waals surface area contributed by atoms with Crippen LogP contribution < -0.4 is 10.4 Å². The summed E-state index contributed by atoms with van der Waals surface area (Å²) in [5, 5.41) is 1.81. The van der Waals surface area contributed by atoms with Gasteiger partial charge in [-0.25, -0.2) is 12.8 Å². The zero-order valence-electron chi connectivity index (χ0n) is 20.0. The van der Waals surface area contributed by atoms with Gasteiger partial charge in [-0.2, -0.15) is 4.31 Å². The van der Waals surface area contributed by atoms with Crippen LogP contribution in [0.5, 0.6) is 0 Å². The first kappa shape index (κ1) is 23.5. The Bertz CT molecular complexity index is 1370. The molecule has 2 aromatic rings. The second kappa shape index (κ2) is 8.46. The van der Waals surface area contributed by atoms with Crippen LogP contribution in [0.15, 0.2) is 88.1 Å². The number of rotatable bonds is 4.